The summed E-state index contributed by atoms with van der Waals surface area (Å²) in [5.41, 5.74) is 1.55. The lowest BCUT2D eigenvalue weighted by Crippen LogP contribution is -2.30. The Morgan fingerprint density at radius 2 is 2.13 bits per heavy atom. The second kappa shape index (κ2) is 4.58. The third kappa shape index (κ3) is 2.37. The first-order valence-electron chi connectivity index (χ1n) is 5.60. The Kier molecular flexibility index (Phi) is 3.37. The van der Waals surface area contributed by atoms with Crippen molar-refractivity contribution in [2.24, 2.45) is 0 Å². The van der Waals surface area contributed by atoms with E-state index in [2.05, 4.69) is 50.1 Å². The van der Waals surface area contributed by atoms with Gasteiger partial charge in [0.15, 0.2) is 0 Å². The molecule has 2 heteroatoms. The Morgan fingerprint density at radius 1 is 1.40 bits per heavy atom. The van der Waals surface area contributed by atoms with Gasteiger partial charge in [0.25, 0.3) is 0 Å². The van der Waals surface area contributed by atoms with Crippen LogP contribution in [-0.4, -0.2) is 30.3 Å². The molecule has 0 radical (unpaired) electrons. The van der Waals surface area contributed by atoms with E-state index in [9.17, 15) is 0 Å². The summed E-state index contributed by atoms with van der Waals surface area (Å²) in [6.07, 6.45) is 0. The van der Waals surface area contributed by atoms with Gasteiger partial charge in [-0.1, -0.05) is 18.2 Å². The molecule has 1 aromatic carbocycles. The van der Waals surface area contributed by atoms with E-state index < -0.39 is 0 Å². The summed E-state index contributed by atoms with van der Waals surface area (Å²) < 4.78 is 0. The average molecular weight is 221 g/mol. The Labute approximate surface area is 96.9 Å². The Bertz CT molecular complexity index is 335. The Hall–Kier alpha value is -0.470. The predicted octanol–water partition coefficient (Wildman–Crippen LogP) is 3.22. The van der Waals surface area contributed by atoms with Crippen molar-refractivity contribution < 1.29 is 0 Å². The third-order valence-corrected chi connectivity index (χ3v) is 4.44. The number of hydrogen-bond acceptors (Lipinski definition) is 2. The van der Waals surface area contributed by atoms with E-state index in [-0.39, 0.29) is 0 Å². The second-order valence-corrected chi connectivity index (χ2v) is 5.64. The van der Waals surface area contributed by atoms with Crippen molar-refractivity contribution in [3.63, 3.8) is 0 Å². The Morgan fingerprint density at radius 3 is 2.87 bits per heavy atom. The van der Waals surface area contributed by atoms with E-state index in [0.29, 0.717) is 6.04 Å². The normalized spacial score (nSPS) is 19.9. The number of nitrogens with zero attached hydrogens (tertiary/aromatic N) is 1. The first-order valence-corrected chi connectivity index (χ1v) is 6.59. The van der Waals surface area contributed by atoms with Gasteiger partial charge >= 0.3 is 0 Å². The molecule has 1 atom stereocenters. The van der Waals surface area contributed by atoms with Gasteiger partial charge in [0.2, 0.25) is 0 Å². The predicted molar refractivity (Wildman–Crippen MR) is 67.7 cm³/mol. The van der Waals surface area contributed by atoms with Crippen molar-refractivity contribution in [1.82, 2.24) is 4.90 Å². The SMILES string of the molecule is CC(C)N(C)CC1CSc2ccccc21. The van der Waals surface area contributed by atoms with Gasteiger partial charge in [-0.05, 0) is 32.5 Å². The molecule has 0 bridgehead atoms. The molecule has 15 heavy (non-hydrogen) atoms. The van der Waals surface area contributed by atoms with Crippen LogP contribution in [0, 0.1) is 0 Å². The van der Waals surface area contributed by atoms with E-state index in [1.54, 1.807) is 5.56 Å². The molecular formula is C13H19NS. The molecule has 1 heterocycles. The first kappa shape index (κ1) is 11.0. The van der Waals surface area contributed by atoms with Crippen LogP contribution in [0.2, 0.25) is 0 Å². The second-order valence-electron chi connectivity index (χ2n) is 4.58. The number of benzene rings is 1. The molecule has 0 N–H and O–H groups in total. The van der Waals surface area contributed by atoms with E-state index in [0.717, 1.165) is 5.92 Å². The van der Waals surface area contributed by atoms with Crippen LogP contribution < -0.4 is 0 Å². The summed E-state index contributed by atoms with van der Waals surface area (Å²) in [7, 11) is 2.22. The van der Waals surface area contributed by atoms with Gasteiger partial charge in [0.05, 0.1) is 0 Å². The maximum Gasteiger partial charge on any atom is 0.0108 e. The topological polar surface area (TPSA) is 3.24 Å². The minimum atomic E-state index is 0.641. The molecule has 0 saturated heterocycles. The summed E-state index contributed by atoms with van der Waals surface area (Å²) in [4.78, 5) is 3.92. The average Bonchev–Trinajstić information content (AvgIpc) is 2.62. The number of thioether (sulfide) groups is 1. The molecule has 0 aromatic heterocycles. The van der Waals surface area contributed by atoms with Gasteiger partial charge < -0.3 is 4.90 Å². The fraction of sp³-hybridized carbons (Fsp3) is 0.538. The van der Waals surface area contributed by atoms with E-state index >= 15 is 0 Å². The van der Waals surface area contributed by atoms with Gasteiger partial charge in [0.1, 0.15) is 0 Å². The summed E-state index contributed by atoms with van der Waals surface area (Å²) in [6, 6.07) is 9.47. The lowest BCUT2D eigenvalue weighted by Gasteiger charge is -2.24. The zero-order valence-corrected chi connectivity index (χ0v) is 10.6. The van der Waals surface area contributed by atoms with Gasteiger partial charge in [-0.3, -0.25) is 0 Å². The van der Waals surface area contributed by atoms with Gasteiger partial charge in [0, 0.05) is 29.2 Å². The van der Waals surface area contributed by atoms with Crippen molar-refractivity contribution in [1.29, 1.82) is 0 Å². The molecule has 1 unspecified atom stereocenters. The lowest BCUT2D eigenvalue weighted by molar-refractivity contribution is 0.262. The molecule has 0 amide bonds. The van der Waals surface area contributed by atoms with Crippen LogP contribution in [0.3, 0.4) is 0 Å². The quantitative estimate of drug-likeness (QED) is 0.771. The highest BCUT2D eigenvalue weighted by molar-refractivity contribution is 7.99. The van der Waals surface area contributed by atoms with Crippen LogP contribution in [-0.2, 0) is 0 Å². The van der Waals surface area contributed by atoms with Crippen molar-refractivity contribution in [3.8, 4) is 0 Å². The molecule has 0 aliphatic carbocycles. The summed E-state index contributed by atoms with van der Waals surface area (Å²) in [6.45, 7) is 5.70. The zero-order chi connectivity index (χ0) is 10.8. The highest BCUT2D eigenvalue weighted by atomic mass is 32.2. The van der Waals surface area contributed by atoms with Crippen molar-refractivity contribution in [3.05, 3.63) is 29.8 Å². The van der Waals surface area contributed by atoms with Crippen molar-refractivity contribution in [2.45, 2.75) is 30.7 Å². The van der Waals surface area contributed by atoms with Crippen LogP contribution in [0.4, 0.5) is 0 Å². The van der Waals surface area contributed by atoms with Crippen molar-refractivity contribution in [2.75, 3.05) is 19.3 Å². The van der Waals surface area contributed by atoms with E-state index in [1.165, 1.54) is 17.2 Å². The third-order valence-electron chi connectivity index (χ3n) is 3.19. The maximum absolute atomic E-state index is 2.44. The molecule has 82 valence electrons. The molecule has 0 spiro atoms. The van der Waals surface area contributed by atoms with E-state index in [4.69, 9.17) is 0 Å². The fourth-order valence-electron chi connectivity index (χ4n) is 1.94. The smallest absolute Gasteiger partial charge is 0.0108 e. The van der Waals surface area contributed by atoms with Crippen LogP contribution in [0.15, 0.2) is 29.2 Å². The number of fused-ring (bicyclic) bond motifs is 1. The monoisotopic (exact) mass is 221 g/mol. The van der Waals surface area contributed by atoms with Gasteiger partial charge in [-0.2, -0.15) is 0 Å². The first-order chi connectivity index (χ1) is 7.18. The molecule has 1 nitrogen and oxygen atoms in total. The Balaban J connectivity index is 2.08. The molecule has 1 aromatic rings. The summed E-state index contributed by atoms with van der Waals surface area (Å²) in [5, 5.41) is 0. The lowest BCUT2D eigenvalue weighted by atomic mass is 10.0. The van der Waals surface area contributed by atoms with E-state index in [1.807, 2.05) is 11.8 Å². The number of likely N-dealkylation sites (N-methyl/N-ethyl adjacent to an activating group) is 1. The van der Waals surface area contributed by atoms with Crippen molar-refractivity contribution >= 4 is 11.8 Å². The highest BCUT2D eigenvalue weighted by Gasteiger charge is 2.24. The molecule has 2 rings (SSSR count). The minimum Gasteiger partial charge on any atom is -0.303 e. The maximum atomic E-state index is 2.44. The minimum absolute atomic E-state index is 0.641. The van der Waals surface area contributed by atoms with Crippen LogP contribution >= 0.6 is 11.8 Å². The standard InChI is InChI=1S/C13H19NS/c1-10(2)14(3)8-11-9-15-13-7-5-4-6-12(11)13/h4-7,10-11H,8-9H2,1-3H3. The van der Waals surface area contributed by atoms with Gasteiger partial charge in [-0.15, -0.1) is 11.8 Å². The fourth-order valence-corrected chi connectivity index (χ4v) is 3.18. The molecule has 1 aliphatic rings. The summed E-state index contributed by atoms with van der Waals surface area (Å²) in [5.74, 6) is 1.97. The summed E-state index contributed by atoms with van der Waals surface area (Å²) >= 11 is 2.00. The van der Waals surface area contributed by atoms with Crippen LogP contribution in [0.25, 0.3) is 0 Å². The van der Waals surface area contributed by atoms with Crippen LogP contribution in [0.5, 0.6) is 0 Å². The van der Waals surface area contributed by atoms with Crippen LogP contribution in [0.1, 0.15) is 25.3 Å². The molecule has 0 saturated carbocycles. The number of hydrogen-bond donors (Lipinski definition) is 0. The zero-order valence-electron chi connectivity index (χ0n) is 9.73. The molecule has 0 fully saturated rings. The largest absolute Gasteiger partial charge is 0.303 e. The van der Waals surface area contributed by atoms with Gasteiger partial charge in [-0.25, -0.2) is 0 Å². The number of rotatable bonds is 3. The molecule has 1 aliphatic heterocycles. The highest BCUT2D eigenvalue weighted by Crippen LogP contribution is 2.39. The molecular weight excluding hydrogens is 202 g/mol.